The fourth-order valence-electron chi connectivity index (χ4n) is 2.37. The van der Waals surface area contributed by atoms with Gasteiger partial charge in [-0.1, -0.05) is 12.1 Å². The largest absolute Gasteiger partial charge is 0.411 e. The predicted octanol–water partition coefficient (Wildman–Crippen LogP) is 2.14. The summed E-state index contributed by atoms with van der Waals surface area (Å²) in [5.41, 5.74) is 2.25. The first-order chi connectivity index (χ1) is 8.33. The van der Waals surface area contributed by atoms with Gasteiger partial charge in [0.05, 0.1) is 5.71 Å². The van der Waals surface area contributed by atoms with Crippen LogP contribution >= 0.6 is 0 Å². The van der Waals surface area contributed by atoms with Gasteiger partial charge in [-0.25, -0.2) is 0 Å². The van der Waals surface area contributed by atoms with Crippen LogP contribution in [0.1, 0.15) is 25.3 Å². The van der Waals surface area contributed by atoms with Crippen LogP contribution in [0.5, 0.6) is 0 Å². The highest BCUT2D eigenvalue weighted by Gasteiger charge is 2.24. The molecule has 1 saturated heterocycles. The molecule has 0 aliphatic carbocycles. The van der Waals surface area contributed by atoms with Gasteiger partial charge in [0.1, 0.15) is 0 Å². The van der Waals surface area contributed by atoms with Crippen molar-refractivity contribution in [3.05, 3.63) is 30.1 Å². The zero-order valence-electron chi connectivity index (χ0n) is 10.2. The van der Waals surface area contributed by atoms with E-state index in [2.05, 4.69) is 34.1 Å². The van der Waals surface area contributed by atoms with Crippen LogP contribution in [0.4, 0.5) is 0 Å². The zero-order chi connectivity index (χ0) is 12.1. The molecule has 1 aromatic rings. The molecular formula is C13H19N3O. The van der Waals surface area contributed by atoms with Gasteiger partial charge in [0.25, 0.3) is 0 Å². The average molecular weight is 233 g/mol. The summed E-state index contributed by atoms with van der Waals surface area (Å²) in [4.78, 5) is 6.44. The molecule has 2 heterocycles. The van der Waals surface area contributed by atoms with E-state index in [1.165, 1.54) is 5.56 Å². The van der Waals surface area contributed by atoms with Crippen molar-refractivity contribution >= 4 is 5.71 Å². The van der Waals surface area contributed by atoms with Crippen LogP contribution in [-0.4, -0.2) is 33.9 Å². The highest BCUT2D eigenvalue weighted by Crippen LogP contribution is 2.19. The first kappa shape index (κ1) is 12.0. The van der Waals surface area contributed by atoms with Gasteiger partial charge in [0.2, 0.25) is 0 Å². The summed E-state index contributed by atoms with van der Waals surface area (Å²) in [5, 5.41) is 12.4. The molecule has 1 aromatic heterocycles. The maximum atomic E-state index is 8.93. The number of likely N-dealkylation sites (tertiary alicyclic amines) is 1. The molecular weight excluding hydrogens is 214 g/mol. The van der Waals surface area contributed by atoms with E-state index in [0.717, 1.165) is 38.2 Å². The maximum Gasteiger partial charge on any atom is 0.0627 e. The number of pyridine rings is 1. The lowest BCUT2D eigenvalue weighted by Crippen LogP contribution is -2.40. The molecule has 4 nitrogen and oxygen atoms in total. The molecule has 17 heavy (non-hydrogen) atoms. The Morgan fingerprint density at radius 1 is 1.47 bits per heavy atom. The molecule has 0 radical (unpaired) electrons. The van der Waals surface area contributed by atoms with Crippen LogP contribution in [0.15, 0.2) is 29.7 Å². The van der Waals surface area contributed by atoms with Gasteiger partial charge in [-0.05, 0) is 24.1 Å². The summed E-state index contributed by atoms with van der Waals surface area (Å²) in [6.07, 6.45) is 5.57. The first-order valence-corrected chi connectivity index (χ1v) is 6.15. The molecule has 0 spiro atoms. The Kier molecular flexibility index (Phi) is 4.09. The molecule has 0 bridgehead atoms. The minimum atomic E-state index is 0.399. The van der Waals surface area contributed by atoms with Crippen LogP contribution in [0.25, 0.3) is 0 Å². The maximum absolute atomic E-state index is 8.93. The minimum absolute atomic E-state index is 0.399. The zero-order valence-corrected chi connectivity index (χ0v) is 10.2. The van der Waals surface area contributed by atoms with Crippen LogP contribution in [0.3, 0.4) is 0 Å². The van der Waals surface area contributed by atoms with Gasteiger partial charge in [-0.15, -0.1) is 0 Å². The quantitative estimate of drug-likeness (QED) is 0.643. The fraction of sp³-hybridized carbons (Fsp3) is 0.538. The van der Waals surface area contributed by atoms with E-state index < -0.39 is 0 Å². The Morgan fingerprint density at radius 3 is 2.88 bits per heavy atom. The molecule has 0 saturated carbocycles. The van der Waals surface area contributed by atoms with Gasteiger partial charge >= 0.3 is 0 Å². The van der Waals surface area contributed by atoms with E-state index in [1.54, 1.807) is 0 Å². The van der Waals surface area contributed by atoms with Crippen LogP contribution < -0.4 is 0 Å². The summed E-state index contributed by atoms with van der Waals surface area (Å²) < 4.78 is 0. The van der Waals surface area contributed by atoms with Crippen molar-refractivity contribution in [1.82, 2.24) is 9.88 Å². The average Bonchev–Trinajstić information content (AvgIpc) is 2.40. The number of nitrogens with zero attached hydrogens (tertiary/aromatic N) is 3. The standard InChI is InChI=1S/C13H19N3O/c1-2-12-10-16(8-5-13(12)15-17)9-11-3-6-14-7-4-11/h3-4,6-7,12,17H,2,5,8-10H2,1H3/b15-13+. The van der Waals surface area contributed by atoms with E-state index in [4.69, 9.17) is 5.21 Å². The number of aromatic nitrogens is 1. The van der Waals surface area contributed by atoms with E-state index in [9.17, 15) is 0 Å². The summed E-state index contributed by atoms with van der Waals surface area (Å²) in [5.74, 6) is 0.399. The van der Waals surface area contributed by atoms with Gasteiger partial charge in [0, 0.05) is 44.4 Å². The molecule has 1 unspecified atom stereocenters. The number of oxime groups is 1. The van der Waals surface area contributed by atoms with Gasteiger partial charge in [0.15, 0.2) is 0 Å². The second-order valence-electron chi connectivity index (χ2n) is 4.54. The minimum Gasteiger partial charge on any atom is -0.411 e. The van der Waals surface area contributed by atoms with Crippen molar-refractivity contribution in [2.75, 3.05) is 13.1 Å². The highest BCUT2D eigenvalue weighted by molar-refractivity contribution is 5.87. The molecule has 0 aromatic carbocycles. The molecule has 4 heteroatoms. The third-order valence-electron chi connectivity index (χ3n) is 3.41. The summed E-state index contributed by atoms with van der Waals surface area (Å²) in [6, 6.07) is 4.10. The predicted molar refractivity (Wildman–Crippen MR) is 67.1 cm³/mol. The van der Waals surface area contributed by atoms with Crippen LogP contribution in [0, 0.1) is 5.92 Å². The fourth-order valence-corrected chi connectivity index (χ4v) is 2.37. The van der Waals surface area contributed by atoms with Gasteiger partial charge in [-0.2, -0.15) is 0 Å². The van der Waals surface area contributed by atoms with E-state index in [0.29, 0.717) is 5.92 Å². The number of rotatable bonds is 3. The summed E-state index contributed by atoms with van der Waals surface area (Å²) >= 11 is 0. The molecule has 0 amide bonds. The Labute approximate surface area is 102 Å². The summed E-state index contributed by atoms with van der Waals surface area (Å²) in [7, 11) is 0. The Bertz CT molecular complexity index is 378. The van der Waals surface area contributed by atoms with Crippen molar-refractivity contribution in [3.8, 4) is 0 Å². The van der Waals surface area contributed by atoms with E-state index >= 15 is 0 Å². The van der Waals surface area contributed by atoms with E-state index in [-0.39, 0.29) is 0 Å². The van der Waals surface area contributed by atoms with Crippen molar-refractivity contribution in [3.63, 3.8) is 0 Å². The van der Waals surface area contributed by atoms with Crippen molar-refractivity contribution < 1.29 is 5.21 Å². The highest BCUT2D eigenvalue weighted by atomic mass is 16.4. The van der Waals surface area contributed by atoms with Crippen molar-refractivity contribution in [2.24, 2.45) is 11.1 Å². The van der Waals surface area contributed by atoms with Crippen LogP contribution in [0.2, 0.25) is 0 Å². The Morgan fingerprint density at radius 2 is 2.24 bits per heavy atom. The molecule has 2 rings (SSSR count). The lowest BCUT2D eigenvalue weighted by Gasteiger charge is -2.32. The molecule has 1 N–H and O–H groups in total. The molecule has 1 aliphatic heterocycles. The summed E-state index contributed by atoms with van der Waals surface area (Å²) in [6.45, 7) is 5.06. The van der Waals surface area contributed by atoms with E-state index in [1.807, 2.05) is 12.4 Å². The lowest BCUT2D eigenvalue weighted by molar-refractivity contribution is 0.220. The van der Waals surface area contributed by atoms with Gasteiger partial charge < -0.3 is 5.21 Å². The third-order valence-corrected chi connectivity index (χ3v) is 3.41. The Balaban J connectivity index is 1.96. The molecule has 1 atom stereocenters. The normalized spacial score (nSPS) is 24.1. The third kappa shape index (κ3) is 3.03. The molecule has 1 fully saturated rings. The smallest absolute Gasteiger partial charge is 0.0627 e. The lowest BCUT2D eigenvalue weighted by atomic mass is 9.93. The topological polar surface area (TPSA) is 48.7 Å². The second kappa shape index (κ2) is 5.77. The van der Waals surface area contributed by atoms with Gasteiger partial charge in [-0.3, -0.25) is 9.88 Å². The number of hydrogen-bond acceptors (Lipinski definition) is 4. The monoisotopic (exact) mass is 233 g/mol. The second-order valence-corrected chi connectivity index (χ2v) is 4.54. The van der Waals surface area contributed by atoms with Crippen molar-refractivity contribution in [2.45, 2.75) is 26.3 Å². The van der Waals surface area contributed by atoms with Crippen molar-refractivity contribution in [1.29, 1.82) is 0 Å². The molecule has 1 aliphatic rings. The molecule has 92 valence electrons. The van der Waals surface area contributed by atoms with Crippen LogP contribution in [-0.2, 0) is 6.54 Å². The first-order valence-electron chi connectivity index (χ1n) is 6.15. The Hall–Kier alpha value is -1.42. The number of hydrogen-bond donors (Lipinski definition) is 1. The number of piperidine rings is 1. The SMILES string of the molecule is CCC1CN(Cc2ccncc2)CC/C1=N\O.